The van der Waals surface area contributed by atoms with Gasteiger partial charge in [-0.1, -0.05) is 12.5 Å². The third-order valence-electron chi connectivity index (χ3n) is 5.47. The Kier molecular flexibility index (Phi) is 7.13. The lowest BCUT2D eigenvalue weighted by molar-refractivity contribution is -0.116. The second-order valence-corrected chi connectivity index (χ2v) is 9.50. The minimum absolute atomic E-state index is 0.120. The molecule has 7 heteroatoms. The second kappa shape index (κ2) is 9.56. The van der Waals surface area contributed by atoms with Gasteiger partial charge in [0.1, 0.15) is 0 Å². The lowest BCUT2D eigenvalue weighted by Gasteiger charge is -2.31. The second-order valence-electron chi connectivity index (χ2n) is 7.57. The van der Waals surface area contributed by atoms with E-state index in [4.69, 9.17) is 0 Å². The van der Waals surface area contributed by atoms with Crippen molar-refractivity contribution in [3.05, 3.63) is 30.9 Å². The summed E-state index contributed by atoms with van der Waals surface area (Å²) in [6.07, 6.45) is 8.94. The van der Waals surface area contributed by atoms with Gasteiger partial charge in [0.2, 0.25) is 15.9 Å². The molecule has 2 aliphatic heterocycles. The Hall–Kier alpha value is -1.86. The van der Waals surface area contributed by atoms with Crippen LogP contribution in [0, 0.1) is 0 Å². The van der Waals surface area contributed by atoms with Gasteiger partial charge in [0.25, 0.3) is 0 Å². The van der Waals surface area contributed by atoms with E-state index in [1.54, 1.807) is 22.5 Å². The minimum atomic E-state index is -3.54. The Bertz CT molecular complexity index is 795. The molecule has 0 unspecified atom stereocenters. The normalized spacial score (nSPS) is 18.6. The molecule has 2 aliphatic rings. The van der Waals surface area contributed by atoms with Crippen LogP contribution in [-0.2, 0) is 14.8 Å². The largest absolute Gasteiger partial charge is 0.370 e. The molecule has 1 aromatic rings. The molecule has 2 fully saturated rings. The van der Waals surface area contributed by atoms with Crippen molar-refractivity contribution in [2.75, 3.05) is 36.4 Å². The molecule has 1 aromatic carbocycles. The van der Waals surface area contributed by atoms with Crippen molar-refractivity contribution in [2.45, 2.75) is 56.3 Å². The van der Waals surface area contributed by atoms with Crippen LogP contribution in [0.2, 0.25) is 0 Å². The summed E-state index contributed by atoms with van der Waals surface area (Å²) < 4.78 is 27.7. The molecule has 0 saturated carbocycles. The quantitative estimate of drug-likeness (QED) is 0.702. The molecular weight excluding hydrogens is 374 g/mol. The number of carbonyl (C=O) groups excluding carboxylic acids is 1. The van der Waals surface area contributed by atoms with Gasteiger partial charge >= 0.3 is 0 Å². The van der Waals surface area contributed by atoms with Gasteiger partial charge in [0.05, 0.1) is 16.3 Å². The molecule has 154 valence electrons. The van der Waals surface area contributed by atoms with Gasteiger partial charge < -0.3 is 10.2 Å². The lowest BCUT2D eigenvalue weighted by Crippen LogP contribution is -2.35. The van der Waals surface area contributed by atoms with E-state index in [1.807, 2.05) is 6.07 Å². The summed E-state index contributed by atoms with van der Waals surface area (Å²) in [5, 5.41) is 2.95. The maximum absolute atomic E-state index is 13.1. The number of nitrogens with one attached hydrogen (secondary N) is 1. The van der Waals surface area contributed by atoms with E-state index in [0.717, 1.165) is 50.9 Å². The monoisotopic (exact) mass is 405 g/mol. The van der Waals surface area contributed by atoms with Crippen molar-refractivity contribution < 1.29 is 13.2 Å². The van der Waals surface area contributed by atoms with Crippen LogP contribution in [0.15, 0.2) is 35.7 Å². The highest BCUT2D eigenvalue weighted by Crippen LogP contribution is 2.32. The SMILES string of the molecule is C=CCCC(=O)Nc1cc(S(=O)(=O)N2CCCCC2)ccc1N1CCCCC1. The molecule has 2 saturated heterocycles. The average Bonchev–Trinajstić information content (AvgIpc) is 2.73. The van der Waals surface area contributed by atoms with Crippen LogP contribution in [0.3, 0.4) is 0 Å². The van der Waals surface area contributed by atoms with Gasteiger partial charge in [-0.05, 0) is 56.7 Å². The Morgan fingerprint density at radius 3 is 2.32 bits per heavy atom. The summed E-state index contributed by atoms with van der Waals surface area (Å²) in [6, 6.07) is 5.18. The van der Waals surface area contributed by atoms with E-state index in [2.05, 4.69) is 16.8 Å². The predicted molar refractivity (Wildman–Crippen MR) is 113 cm³/mol. The fraction of sp³-hybridized carbons (Fsp3) is 0.571. The average molecular weight is 406 g/mol. The van der Waals surface area contributed by atoms with Gasteiger partial charge in [-0.3, -0.25) is 4.79 Å². The molecular formula is C21H31N3O3S. The van der Waals surface area contributed by atoms with Gasteiger partial charge in [0, 0.05) is 32.6 Å². The molecule has 0 bridgehead atoms. The first-order chi connectivity index (χ1) is 13.5. The van der Waals surface area contributed by atoms with Crippen LogP contribution in [0.1, 0.15) is 51.4 Å². The molecule has 0 atom stereocenters. The highest BCUT2D eigenvalue weighted by molar-refractivity contribution is 7.89. The number of hydrogen-bond donors (Lipinski definition) is 1. The Labute approximate surface area is 168 Å². The van der Waals surface area contributed by atoms with E-state index in [9.17, 15) is 13.2 Å². The van der Waals surface area contributed by atoms with Gasteiger partial charge in [-0.15, -0.1) is 6.58 Å². The van der Waals surface area contributed by atoms with Crippen molar-refractivity contribution in [3.63, 3.8) is 0 Å². The van der Waals surface area contributed by atoms with Crippen LogP contribution < -0.4 is 10.2 Å². The molecule has 0 radical (unpaired) electrons. The lowest BCUT2D eigenvalue weighted by atomic mass is 10.1. The first-order valence-electron chi connectivity index (χ1n) is 10.3. The number of anilines is 2. The number of allylic oxidation sites excluding steroid dienone is 1. The highest BCUT2D eigenvalue weighted by Gasteiger charge is 2.27. The van der Waals surface area contributed by atoms with Gasteiger partial charge in [-0.25, -0.2) is 8.42 Å². The van der Waals surface area contributed by atoms with E-state index in [0.29, 0.717) is 31.6 Å². The van der Waals surface area contributed by atoms with E-state index in [-0.39, 0.29) is 10.8 Å². The van der Waals surface area contributed by atoms with Gasteiger partial charge in [0.15, 0.2) is 0 Å². The van der Waals surface area contributed by atoms with Crippen LogP contribution in [-0.4, -0.2) is 44.8 Å². The smallest absolute Gasteiger partial charge is 0.243 e. The Morgan fingerprint density at radius 2 is 1.68 bits per heavy atom. The van der Waals surface area contributed by atoms with Crippen molar-refractivity contribution in [1.82, 2.24) is 4.31 Å². The number of sulfonamides is 1. The number of nitrogens with zero attached hydrogens (tertiary/aromatic N) is 2. The van der Waals surface area contributed by atoms with Gasteiger partial charge in [-0.2, -0.15) is 4.31 Å². The highest BCUT2D eigenvalue weighted by atomic mass is 32.2. The predicted octanol–water partition coefficient (Wildman–Crippen LogP) is 3.76. The first kappa shape index (κ1) is 20.9. The zero-order valence-corrected chi connectivity index (χ0v) is 17.3. The molecule has 2 heterocycles. The van der Waals surface area contributed by atoms with Crippen molar-refractivity contribution in [3.8, 4) is 0 Å². The fourth-order valence-corrected chi connectivity index (χ4v) is 5.43. The third kappa shape index (κ3) is 4.94. The number of rotatable bonds is 7. The summed E-state index contributed by atoms with van der Waals surface area (Å²) in [5.74, 6) is -0.120. The summed E-state index contributed by atoms with van der Waals surface area (Å²) in [6.45, 7) is 6.64. The van der Waals surface area contributed by atoms with Crippen molar-refractivity contribution in [1.29, 1.82) is 0 Å². The number of benzene rings is 1. The van der Waals surface area contributed by atoms with E-state index < -0.39 is 10.0 Å². The maximum atomic E-state index is 13.1. The third-order valence-corrected chi connectivity index (χ3v) is 7.36. The number of piperidine rings is 2. The van der Waals surface area contributed by atoms with Crippen molar-refractivity contribution in [2.24, 2.45) is 0 Å². The zero-order valence-electron chi connectivity index (χ0n) is 16.5. The molecule has 0 spiro atoms. The molecule has 1 amide bonds. The van der Waals surface area contributed by atoms with Crippen molar-refractivity contribution >= 4 is 27.3 Å². The van der Waals surface area contributed by atoms with Crippen LogP contribution in [0.5, 0.6) is 0 Å². The number of hydrogen-bond acceptors (Lipinski definition) is 4. The standard InChI is InChI=1S/C21H31N3O3S/c1-2-3-10-21(25)22-19-17-18(28(26,27)24-15-8-5-9-16-24)11-12-20(19)23-13-6-4-7-14-23/h2,11-12,17H,1,3-10,13-16H2,(H,22,25). The first-order valence-corrected chi connectivity index (χ1v) is 11.8. The summed E-state index contributed by atoms with van der Waals surface area (Å²) in [4.78, 5) is 14.8. The molecule has 0 aliphatic carbocycles. The minimum Gasteiger partial charge on any atom is -0.370 e. The zero-order chi connectivity index (χ0) is 20.0. The van der Waals surface area contributed by atoms with Crippen LogP contribution >= 0.6 is 0 Å². The fourth-order valence-electron chi connectivity index (χ4n) is 3.89. The number of carbonyl (C=O) groups is 1. The topological polar surface area (TPSA) is 69.7 Å². The van der Waals surface area contributed by atoms with Crippen LogP contribution in [0.25, 0.3) is 0 Å². The molecule has 6 nitrogen and oxygen atoms in total. The molecule has 1 N–H and O–H groups in total. The number of amides is 1. The van der Waals surface area contributed by atoms with E-state index >= 15 is 0 Å². The molecule has 28 heavy (non-hydrogen) atoms. The van der Waals surface area contributed by atoms with Crippen LogP contribution in [0.4, 0.5) is 11.4 Å². The summed E-state index contributed by atoms with van der Waals surface area (Å²) in [5.41, 5.74) is 1.50. The Morgan fingerprint density at radius 1 is 1.04 bits per heavy atom. The molecule has 0 aromatic heterocycles. The Balaban J connectivity index is 1.90. The maximum Gasteiger partial charge on any atom is 0.243 e. The summed E-state index contributed by atoms with van der Waals surface area (Å²) in [7, 11) is -3.54. The molecule has 3 rings (SSSR count). The van der Waals surface area contributed by atoms with E-state index in [1.165, 1.54) is 6.42 Å². The summed E-state index contributed by atoms with van der Waals surface area (Å²) >= 11 is 0.